The Bertz CT molecular complexity index is 4300. The predicted octanol–water partition coefficient (Wildman–Crippen LogP) is 15.2. The minimum Gasteiger partial charge on any atom is -0.458 e. The maximum absolute atomic E-state index is 7.66. The van der Waals surface area contributed by atoms with Gasteiger partial charge in [0.15, 0.2) is 0 Å². The van der Waals surface area contributed by atoms with Crippen LogP contribution in [0.1, 0.15) is 158 Å². The zero-order valence-electron chi connectivity index (χ0n) is 49.5. The molecule has 2 aromatic heterocycles. The van der Waals surface area contributed by atoms with Crippen molar-refractivity contribution in [3.63, 3.8) is 0 Å². The van der Waals surface area contributed by atoms with Gasteiger partial charge in [-0.2, -0.15) is 0 Å². The first-order chi connectivity index (χ1) is 36.5. The molecule has 4 nitrogen and oxygen atoms in total. The van der Waals surface area contributed by atoms with Crippen molar-refractivity contribution in [3.05, 3.63) is 161 Å². The summed E-state index contributed by atoms with van der Waals surface area (Å²) in [5.74, 6) is 1.89. The molecule has 390 valence electrons. The van der Waals surface area contributed by atoms with E-state index in [1.807, 2.05) is 0 Å². The molecule has 0 N–H and O–H groups in total. The number of anilines is 3. The van der Waals surface area contributed by atoms with Gasteiger partial charge in [-0.3, -0.25) is 0 Å². The highest BCUT2D eigenvalue weighted by atomic mass is 16.5. The molecule has 8 aromatic carbocycles. The minimum absolute atomic E-state index is 0.00365. The summed E-state index contributed by atoms with van der Waals surface area (Å²) in [6.07, 6.45) is 0. The van der Waals surface area contributed by atoms with E-state index in [1.54, 1.807) is 0 Å². The Morgan fingerprint density at radius 1 is 0.321 bits per heavy atom. The second-order valence-corrected chi connectivity index (χ2v) is 30.0. The third-order valence-electron chi connectivity index (χ3n) is 18.4. The molecule has 4 aliphatic rings. The van der Waals surface area contributed by atoms with E-state index in [9.17, 15) is 0 Å². The Hall–Kier alpha value is -6.91. The molecule has 0 aliphatic carbocycles. The Labute approximate surface area is 464 Å². The van der Waals surface area contributed by atoms with E-state index in [4.69, 9.17) is 4.74 Å². The molecular weight excluding hydrogens is 944 g/mol. The molecule has 0 amide bonds. The van der Waals surface area contributed by atoms with Crippen molar-refractivity contribution >= 4 is 107 Å². The second kappa shape index (κ2) is 15.5. The van der Waals surface area contributed by atoms with Crippen LogP contribution in [0.15, 0.2) is 127 Å². The summed E-state index contributed by atoms with van der Waals surface area (Å²) in [4.78, 5) is 2.58. The van der Waals surface area contributed by atoms with Crippen LogP contribution in [0, 0.1) is 0 Å². The molecule has 78 heavy (non-hydrogen) atoms. The number of hydrogen-bond donors (Lipinski definition) is 0. The van der Waals surface area contributed by atoms with Crippen molar-refractivity contribution in [2.24, 2.45) is 0 Å². The molecule has 0 radical (unpaired) electrons. The maximum atomic E-state index is 7.66. The third-order valence-corrected chi connectivity index (χ3v) is 18.4. The molecule has 14 rings (SSSR count). The molecule has 0 fully saturated rings. The van der Waals surface area contributed by atoms with Gasteiger partial charge in [0.05, 0.1) is 11.0 Å². The van der Waals surface area contributed by atoms with Crippen LogP contribution in [0.5, 0.6) is 11.5 Å². The summed E-state index contributed by atoms with van der Waals surface area (Å²) in [6.45, 7) is 42.3. The van der Waals surface area contributed by atoms with E-state index >= 15 is 0 Å². The SMILES string of the molecule is CC(C)(C)c1cc2c3c(c1)-n1c4ccc(C(C)(C)C)cc4c4cc(C(C)(C)C)cc(c41)B3c1cc3c(cc1O2)N(c1ccccc1)c1cc(C(C)(C)C)cc2c1B3c1cc(C(C)(C)C)cc3c4cc(C(C)(C)C)ccc4n-2c13. The van der Waals surface area contributed by atoms with Crippen LogP contribution in [0.3, 0.4) is 0 Å². The highest BCUT2D eigenvalue weighted by molar-refractivity contribution is 7.02. The van der Waals surface area contributed by atoms with Gasteiger partial charge in [-0.1, -0.05) is 173 Å². The smallest absolute Gasteiger partial charge is 0.256 e. The summed E-state index contributed by atoms with van der Waals surface area (Å²) >= 11 is 0. The molecule has 4 aliphatic heterocycles. The number of fused-ring (bicyclic) bond motifs is 14. The lowest BCUT2D eigenvalue weighted by Crippen LogP contribution is -2.64. The number of para-hydroxylation sites is 1. The number of nitrogens with zero attached hydrogens (tertiary/aromatic N) is 3. The predicted molar refractivity (Wildman–Crippen MR) is 338 cm³/mol. The van der Waals surface area contributed by atoms with Crippen molar-refractivity contribution in [1.82, 2.24) is 9.13 Å². The molecule has 0 atom stereocenters. The van der Waals surface area contributed by atoms with Crippen LogP contribution in [0.4, 0.5) is 17.1 Å². The normalized spacial score (nSPS) is 14.8. The average molecular weight is 1020 g/mol. The number of aromatic nitrogens is 2. The topological polar surface area (TPSA) is 22.3 Å². The first-order valence-corrected chi connectivity index (χ1v) is 28.8. The standard InChI is InChI=1S/C72H75B2N3O/c1-67(2,3)40-24-26-55-47(28-40)49-30-42(69(7,8)9)32-53-65(49)76(55)59-35-44(71(13,14)15)34-58-63(59)73(53)51-38-52-61(39-57(51)75(58)46-22-20-19-21-23-46)78-62-37-45(72(16,17)18)36-60-64(62)74(52)54-33-43(70(10,11)12)31-50-48-29-41(68(4,5)6)25-27-56(48)77(60)66(50)54/h19-39H,1-18H3. The van der Waals surface area contributed by atoms with Crippen molar-refractivity contribution in [2.45, 2.75) is 157 Å². The third kappa shape index (κ3) is 6.92. The molecule has 6 heterocycles. The van der Waals surface area contributed by atoms with Gasteiger partial charge in [0.2, 0.25) is 0 Å². The number of rotatable bonds is 1. The summed E-state index contributed by atoms with van der Waals surface area (Å²) < 4.78 is 12.9. The van der Waals surface area contributed by atoms with Gasteiger partial charge in [-0.15, -0.1) is 0 Å². The van der Waals surface area contributed by atoms with Gasteiger partial charge >= 0.3 is 0 Å². The Morgan fingerprint density at radius 2 is 0.744 bits per heavy atom. The minimum atomic E-state index is -0.128. The lowest BCUT2D eigenvalue weighted by molar-refractivity contribution is 0.483. The van der Waals surface area contributed by atoms with Gasteiger partial charge < -0.3 is 18.8 Å². The highest BCUT2D eigenvalue weighted by Gasteiger charge is 2.48. The molecule has 10 aromatic rings. The van der Waals surface area contributed by atoms with Crippen LogP contribution in [0.25, 0.3) is 55.0 Å². The van der Waals surface area contributed by atoms with Crippen molar-refractivity contribution < 1.29 is 4.74 Å². The number of hydrogen-bond acceptors (Lipinski definition) is 2. The van der Waals surface area contributed by atoms with Gasteiger partial charge in [0.1, 0.15) is 11.5 Å². The van der Waals surface area contributed by atoms with E-state index < -0.39 is 0 Å². The first-order valence-electron chi connectivity index (χ1n) is 28.8. The molecule has 0 saturated carbocycles. The molecule has 0 unspecified atom stereocenters. The van der Waals surface area contributed by atoms with Crippen LogP contribution in [-0.4, -0.2) is 22.6 Å². The van der Waals surface area contributed by atoms with Crippen LogP contribution < -0.4 is 42.4 Å². The quantitative estimate of drug-likeness (QED) is 0.153. The van der Waals surface area contributed by atoms with Crippen molar-refractivity contribution in [3.8, 4) is 22.9 Å². The maximum Gasteiger partial charge on any atom is 0.256 e. The molecule has 0 saturated heterocycles. The van der Waals surface area contributed by atoms with Crippen molar-refractivity contribution in [1.29, 1.82) is 0 Å². The molecule has 0 bridgehead atoms. The average Bonchev–Trinajstić information content (AvgIpc) is 2.32. The summed E-state index contributed by atoms with van der Waals surface area (Å²) in [6, 6.07) is 51.0. The van der Waals surface area contributed by atoms with Gasteiger partial charge in [-0.25, -0.2) is 0 Å². The lowest BCUT2D eigenvalue weighted by Gasteiger charge is -2.43. The summed E-state index contributed by atoms with van der Waals surface area (Å²) in [5, 5.41) is 5.31. The Kier molecular flexibility index (Phi) is 9.79. The number of benzene rings is 8. The number of ether oxygens (including phenoxy) is 1. The van der Waals surface area contributed by atoms with Crippen molar-refractivity contribution in [2.75, 3.05) is 4.90 Å². The van der Waals surface area contributed by atoms with E-state index in [0.717, 1.165) is 17.2 Å². The second-order valence-electron chi connectivity index (χ2n) is 30.0. The monoisotopic (exact) mass is 1020 g/mol. The Balaban J connectivity index is 1.15. The fourth-order valence-electron chi connectivity index (χ4n) is 13.8. The largest absolute Gasteiger partial charge is 0.458 e. The van der Waals surface area contributed by atoms with E-state index in [-0.39, 0.29) is 45.9 Å². The Morgan fingerprint density at radius 3 is 1.23 bits per heavy atom. The molecular formula is C72H75B2N3O. The van der Waals surface area contributed by atoms with Gasteiger partial charge in [0, 0.05) is 67.1 Å². The van der Waals surface area contributed by atoms with E-state index in [0.29, 0.717) is 0 Å². The van der Waals surface area contributed by atoms with Gasteiger partial charge in [0.25, 0.3) is 13.4 Å². The fraction of sp³-hybridized carbons (Fsp3) is 0.333. The van der Waals surface area contributed by atoms with Crippen LogP contribution in [0.2, 0.25) is 0 Å². The van der Waals surface area contributed by atoms with Crippen LogP contribution >= 0.6 is 0 Å². The van der Waals surface area contributed by atoms with E-state index in [1.165, 1.54) is 133 Å². The summed E-state index contributed by atoms with van der Waals surface area (Å²) in [5.41, 5.74) is 26.7. The van der Waals surface area contributed by atoms with E-state index in [2.05, 4.69) is 266 Å². The molecule has 0 spiro atoms. The zero-order chi connectivity index (χ0) is 55.0. The van der Waals surface area contributed by atoms with Gasteiger partial charge in [-0.05, 0) is 171 Å². The highest BCUT2D eigenvalue weighted by Crippen LogP contribution is 2.48. The molecule has 6 heteroatoms. The fourth-order valence-corrected chi connectivity index (χ4v) is 13.8. The lowest BCUT2D eigenvalue weighted by atomic mass is 9.30. The first kappa shape index (κ1) is 49.4. The van der Waals surface area contributed by atoms with Crippen LogP contribution in [-0.2, 0) is 32.5 Å². The zero-order valence-corrected chi connectivity index (χ0v) is 49.5. The summed E-state index contributed by atoms with van der Waals surface area (Å²) in [7, 11) is 0.